The molecule has 1 amide bonds. The van der Waals surface area contributed by atoms with Crippen molar-refractivity contribution in [3.05, 3.63) is 29.8 Å². The number of nitrogens with zero attached hydrogens (tertiary/aromatic N) is 1. The highest BCUT2D eigenvalue weighted by Gasteiger charge is 2.28. The lowest BCUT2D eigenvalue weighted by atomic mass is 10.0. The molecule has 0 aliphatic carbocycles. The van der Waals surface area contributed by atoms with Crippen LogP contribution in [-0.4, -0.2) is 50.9 Å². The van der Waals surface area contributed by atoms with E-state index in [2.05, 4.69) is 17.6 Å². The van der Waals surface area contributed by atoms with Gasteiger partial charge in [-0.05, 0) is 56.0 Å². The van der Waals surface area contributed by atoms with E-state index in [-0.39, 0.29) is 16.8 Å². The van der Waals surface area contributed by atoms with E-state index in [9.17, 15) is 13.2 Å². The highest BCUT2D eigenvalue weighted by Crippen LogP contribution is 2.23. The summed E-state index contributed by atoms with van der Waals surface area (Å²) in [7, 11) is -3.46. The number of hydrogen-bond acceptors (Lipinski definition) is 4. The molecule has 132 valence electrons. The van der Waals surface area contributed by atoms with Gasteiger partial charge in [0.05, 0.1) is 4.90 Å². The molecular formula is C17H25N3O3S. The van der Waals surface area contributed by atoms with Gasteiger partial charge in [-0.3, -0.25) is 4.79 Å². The van der Waals surface area contributed by atoms with E-state index in [4.69, 9.17) is 0 Å². The molecule has 2 saturated heterocycles. The number of piperidine rings is 1. The van der Waals surface area contributed by atoms with Crippen molar-refractivity contribution >= 4 is 15.9 Å². The first kappa shape index (κ1) is 17.4. The number of sulfonamides is 1. The summed E-state index contributed by atoms with van der Waals surface area (Å²) in [6.45, 7) is 4.99. The largest absolute Gasteiger partial charge is 0.348 e. The van der Waals surface area contributed by atoms with Crippen LogP contribution in [0.3, 0.4) is 0 Å². The molecule has 6 nitrogen and oxygen atoms in total. The highest BCUT2D eigenvalue weighted by molar-refractivity contribution is 7.89. The van der Waals surface area contributed by atoms with Gasteiger partial charge in [0.1, 0.15) is 0 Å². The van der Waals surface area contributed by atoms with Crippen molar-refractivity contribution in [2.75, 3.05) is 26.2 Å². The Morgan fingerprint density at radius 3 is 2.42 bits per heavy atom. The molecule has 0 saturated carbocycles. The minimum Gasteiger partial charge on any atom is -0.348 e. The molecule has 0 bridgehead atoms. The fourth-order valence-electron chi connectivity index (χ4n) is 3.20. The van der Waals surface area contributed by atoms with E-state index >= 15 is 0 Å². The Morgan fingerprint density at radius 1 is 1.17 bits per heavy atom. The van der Waals surface area contributed by atoms with Crippen molar-refractivity contribution in [1.29, 1.82) is 0 Å². The Bertz CT molecular complexity index is 674. The quantitative estimate of drug-likeness (QED) is 0.854. The molecule has 1 aromatic carbocycles. The Balaban J connectivity index is 1.68. The molecule has 2 aliphatic heterocycles. The molecule has 1 atom stereocenters. The topological polar surface area (TPSA) is 78.5 Å². The summed E-state index contributed by atoms with van der Waals surface area (Å²) in [6.07, 6.45) is 2.72. The van der Waals surface area contributed by atoms with Gasteiger partial charge in [0.2, 0.25) is 10.0 Å². The Morgan fingerprint density at radius 2 is 1.83 bits per heavy atom. The monoisotopic (exact) mass is 351 g/mol. The third-order valence-electron chi connectivity index (χ3n) is 4.89. The van der Waals surface area contributed by atoms with Crippen LogP contribution in [0.1, 0.15) is 36.5 Å². The van der Waals surface area contributed by atoms with Crippen LogP contribution in [0.2, 0.25) is 0 Å². The fourth-order valence-corrected chi connectivity index (χ4v) is 4.67. The number of nitrogens with one attached hydrogen (secondary N) is 2. The lowest BCUT2D eigenvalue weighted by Gasteiger charge is -2.29. The molecule has 1 aromatic rings. The summed E-state index contributed by atoms with van der Waals surface area (Å²) in [5, 5.41) is 6.16. The van der Waals surface area contributed by atoms with Gasteiger partial charge in [-0.2, -0.15) is 4.31 Å². The Kier molecular flexibility index (Phi) is 5.22. The molecule has 2 aliphatic rings. The number of amides is 1. The lowest BCUT2D eigenvalue weighted by molar-refractivity contribution is 0.0940. The first-order chi connectivity index (χ1) is 11.5. The average Bonchev–Trinajstić information content (AvgIpc) is 3.08. The summed E-state index contributed by atoms with van der Waals surface area (Å²) in [6, 6.07) is 6.41. The second-order valence-electron chi connectivity index (χ2n) is 6.77. The van der Waals surface area contributed by atoms with Gasteiger partial charge in [-0.25, -0.2) is 8.42 Å². The molecule has 0 radical (unpaired) electrons. The molecule has 0 aromatic heterocycles. The second kappa shape index (κ2) is 7.21. The van der Waals surface area contributed by atoms with E-state index in [0.29, 0.717) is 24.6 Å². The summed E-state index contributed by atoms with van der Waals surface area (Å²) in [5.41, 5.74) is 0.494. The number of carbonyl (C=O) groups excluding carboxylic acids is 1. The van der Waals surface area contributed by atoms with E-state index in [0.717, 1.165) is 32.4 Å². The van der Waals surface area contributed by atoms with E-state index in [1.54, 1.807) is 16.4 Å². The minimum atomic E-state index is -3.46. The molecule has 3 rings (SSSR count). The van der Waals surface area contributed by atoms with Crippen molar-refractivity contribution in [2.24, 2.45) is 5.92 Å². The molecule has 1 unspecified atom stereocenters. The maximum absolute atomic E-state index is 12.7. The molecule has 2 N–H and O–H groups in total. The molecule has 0 spiro atoms. The molecule has 2 heterocycles. The van der Waals surface area contributed by atoms with Gasteiger partial charge in [0.15, 0.2) is 0 Å². The number of rotatable bonds is 4. The van der Waals surface area contributed by atoms with E-state index in [1.165, 1.54) is 12.1 Å². The van der Waals surface area contributed by atoms with Crippen molar-refractivity contribution in [3.8, 4) is 0 Å². The van der Waals surface area contributed by atoms with Gasteiger partial charge >= 0.3 is 0 Å². The zero-order valence-electron chi connectivity index (χ0n) is 14.0. The summed E-state index contributed by atoms with van der Waals surface area (Å²) in [5.74, 6) is 0.423. The van der Waals surface area contributed by atoms with Gasteiger partial charge in [-0.15, -0.1) is 0 Å². The summed E-state index contributed by atoms with van der Waals surface area (Å²) < 4.78 is 26.9. The van der Waals surface area contributed by atoms with Crippen LogP contribution >= 0.6 is 0 Å². The average molecular weight is 351 g/mol. The minimum absolute atomic E-state index is 0.149. The van der Waals surface area contributed by atoms with E-state index in [1.807, 2.05) is 0 Å². The first-order valence-corrected chi connectivity index (χ1v) is 10.0. The maximum atomic E-state index is 12.7. The third kappa shape index (κ3) is 3.79. The number of benzene rings is 1. The van der Waals surface area contributed by atoms with Crippen LogP contribution in [0.5, 0.6) is 0 Å². The zero-order chi connectivity index (χ0) is 17.2. The third-order valence-corrected chi connectivity index (χ3v) is 6.81. The molecule has 7 heteroatoms. The van der Waals surface area contributed by atoms with Crippen LogP contribution < -0.4 is 10.6 Å². The Hall–Kier alpha value is -1.44. The molecule has 2 fully saturated rings. The maximum Gasteiger partial charge on any atom is 0.251 e. The van der Waals surface area contributed by atoms with Crippen molar-refractivity contribution in [2.45, 2.75) is 37.1 Å². The van der Waals surface area contributed by atoms with E-state index < -0.39 is 10.0 Å². The molecular weight excluding hydrogens is 326 g/mol. The van der Waals surface area contributed by atoms with Crippen molar-refractivity contribution in [1.82, 2.24) is 14.9 Å². The predicted molar refractivity (Wildman–Crippen MR) is 92.3 cm³/mol. The van der Waals surface area contributed by atoms with Gasteiger partial charge in [0, 0.05) is 31.2 Å². The van der Waals surface area contributed by atoms with Crippen LogP contribution in [0.15, 0.2) is 29.2 Å². The van der Waals surface area contributed by atoms with Gasteiger partial charge < -0.3 is 10.6 Å². The van der Waals surface area contributed by atoms with Crippen molar-refractivity contribution < 1.29 is 13.2 Å². The van der Waals surface area contributed by atoms with Crippen molar-refractivity contribution in [3.63, 3.8) is 0 Å². The second-order valence-corrected chi connectivity index (χ2v) is 8.71. The lowest BCUT2D eigenvalue weighted by Crippen LogP contribution is -2.38. The fraction of sp³-hybridized carbons (Fsp3) is 0.588. The first-order valence-electron chi connectivity index (χ1n) is 8.58. The standard InChI is InChI=1S/C17H25N3O3S/c1-13-7-10-20(11-8-13)24(22,23)16-4-2-14(3-5-16)17(21)19-15-6-9-18-12-15/h2-5,13,15,18H,6-12H2,1H3,(H,19,21). The van der Waals surface area contributed by atoms with Gasteiger partial charge in [-0.1, -0.05) is 6.92 Å². The normalized spacial score (nSPS) is 23.3. The van der Waals surface area contributed by atoms with Crippen LogP contribution in [0, 0.1) is 5.92 Å². The SMILES string of the molecule is CC1CCN(S(=O)(=O)c2ccc(C(=O)NC3CCNC3)cc2)CC1. The van der Waals surface area contributed by atoms with Gasteiger partial charge in [0.25, 0.3) is 5.91 Å². The number of hydrogen-bond donors (Lipinski definition) is 2. The van der Waals surface area contributed by atoms with Crippen LogP contribution in [0.4, 0.5) is 0 Å². The molecule has 24 heavy (non-hydrogen) atoms. The highest BCUT2D eigenvalue weighted by atomic mass is 32.2. The zero-order valence-corrected chi connectivity index (χ0v) is 14.8. The smallest absolute Gasteiger partial charge is 0.251 e. The van der Waals surface area contributed by atoms with Crippen LogP contribution in [0.25, 0.3) is 0 Å². The van der Waals surface area contributed by atoms with Crippen LogP contribution in [-0.2, 0) is 10.0 Å². The predicted octanol–water partition coefficient (Wildman–Crippen LogP) is 1.20. The summed E-state index contributed by atoms with van der Waals surface area (Å²) in [4.78, 5) is 12.5. The number of carbonyl (C=O) groups is 1. The Labute approximate surface area is 143 Å². The summed E-state index contributed by atoms with van der Waals surface area (Å²) >= 11 is 0.